The van der Waals surface area contributed by atoms with Gasteiger partial charge in [0.15, 0.2) is 5.82 Å². The van der Waals surface area contributed by atoms with E-state index >= 15 is 0 Å². The maximum Gasteiger partial charge on any atom is 0.236 e. The minimum absolute atomic E-state index is 0.0869. The number of hydrogen-bond donors (Lipinski definition) is 0. The van der Waals surface area contributed by atoms with Crippen molar-refractivity contribution in [2.24, 2.45) is 5.92 Å². The van der Waals surface area contributed by atoms with Gasteiger partial charge in [-0.05, 0) is 37.3 Å². The average Bonchev–Trinajstić information content (AvgIpc) is 3.28. The normalized spacial score (nSPS) is 18.8. The minimum atomic E-state index is -0.361. The van der Waals surface area contributed by atoms with E-state index in [-0.39, 0.29) is 24.1 Å². The van der Waals surface area contributed by atoms with E-state index < -0.39 is 0 Å². The lowest BCUT2D eigenvalue weighted by atomic mass is 9.93. The number of carbonyl (C=O) groups excluding carboxylic acids is 1. The number of hydrogen-bond acceptors (Lipinski definition) is 7. The first-order chi connectivity index (χ1) is 16.6. The van der Waals surface area contributed by atoms with E-state index in [1.165, 1.54) is 12.3 Å². The second kappa shape index (κ2) is 9.73. The van der Waals surface area contributed by atoms with Crippen LogP contribution in [0.3, 0.4) is 0 Å². The Morgan fingerprint density at radius 3 is 2.91 bits per heavy atom. The van der Waals surface area contributed by atoms with Gasteiger partial charge in [0.1, 0.15) is 29.4 Å². The quantitative estimate of drug-likeness (QED) is 0.573. The van der Waals surface area contributed by atoms with Crippen LogP contribution in [0.15, 0.2) is 30.6 Å². The van der Waals surface area contributed by atoms with Gasteiger partial charge in [-0.15, -0.1) is 0 Å². The maximum absolute atomic E-state index is 14.0. The molecule has 0 aliphatic carbocycles. The van der Waals surface area contributed by atoms with Crippen LogP contribution in [0.1, 0.15) is 25.0 Å². The van der Waals surface area contributed by atoms with Gasteiger partial charge >= 0.3 is 0 Å². The zero-order chi connectivity index (χ0) is 23.5. The molecule has 176 valence electrons. The number of carbonyl (C=O) groups is 1. The third-order valence-corrected chi connectivity index (χ3v) is 6.40. The van der Waals surface area contributed by atoms with Crippen molar-refractivity contribution in [1.29, 1.82) is 5.26 Å². The minimum Gasteiger partial charge on any atom is -0.378 e. The van der Waals surface area contributed by atoms with Crippen LogP contribution in [0.5, 0.6) is 0 Å². The van der Waals surface area contributed by atoms with Crippen LogP contribution in [-0.4, -0.2) is 69.6 Å². The Balaban J connectivity index is 1.47. The number of anilines is 1. The van der Waals surface area contributed by atoms with Crippen LogP contribution >= 0.6 is 0 Å². The highest BCUT2D eigenvalue weighted by Gasteiger charge is 2.25. The third kappa shape index (κ3) is 4.70. The number of amides is 1. The number of ether oxygens (including phenoxy) is 1. The third-order valence-electron chi connectivity index (χ3n) is 6.40. The van der Waals surface area contributed by atoms with Gasteiger partial charge in [-0.3, -0.25) is 9.20 Å². The fourth-order valence-electron chi connectivity index (χ4n) is 4.71. The summed E-state index contributed by atoms with van der Waals surface area (Å²) in [5.41, 5.74) is 2.12. The molecule has 10 heteroatoms. The smallest absolute Gasteiger partial charge is 0.236 e. The van der Waals surface area contributed by atoms with Gasteiger partial charge in [-0.2, -0.15) is 5.26 Å². The van der Waals surface area contributed by atoms with Crippen molar-refractivity contribution >= 4 is 17.4 Å². The average molecular weight is 464 g/mol. The van der Waals surface area contributed by atoms with E-state index in [2.05, 4.69) is 9.88 Å². The van der Waals surface area contributed by atoms with Crippen molar-refractivity contribution < 1.29 is 13.9 Å². The van der Waals surface area contributed by atoms with Crippen LogP contribution in [0, 0.1) is 23.1 Å². The van der Waals surface area contributed by atoms with Crippen molar-refractivity contribution in [2.45, 2.75) is 25.7 Å². The van der Waals surface area contributed by atoms with Crippen LogP contribution < -0.4 is 4.90 Å². The summed E-state index contributed by atoms with van der Waals surface area (Å²) in [4.78, 5) is 30.2. The number of rotatable bonds is 5. The van der Waals surface area contributed by atoms with E-state index in [0.717, 1.165) is 37.4 Å². The predicted octanol–water partition coefficient (Wildman–Crippen LogP) is 2.46. The number of pyridine rings is 1. The fraction of sp³-hybridized carbons (Fsp3) is 0.458. The summed E-state index contributed by atoms with van der Waals surface area (Å²) in [5, 5.41) is 8.88. The SMILES string of the molecule is N#CCC(=O)N1CCC[C@@H](Cc2cc(N3CCOCC3)nc(-c3cnc4ccc(F)cn34)n2)C1. The molecule has 34 heavy (non-hydrogen) atoms. The summed E-state index contributed by atoms with van der Waals surface area (Å²) in [5.74, 6) is 1.07. The van der Waals surface area contributed by atoms with Gasteiger partial charge in [0.05, 0.1) is 25.5 Å². The van der Waals surface area contributed by atoms with Gasteiger partial charge in [0.25, 0.3) is 0 Å². The highest BCUT2D eigenvalue weighted by molar-refractivity contribution is 5.78. The Morgan fingerprint density at radius 1 is 1.24 bits per heavy atom. The summed E-state index contributed by atoms with van der Waals surface area (Å²) in [6.07, 6.45) is 5.55. The molecule has 5 heterocycles. The van der Waals surface area contributed by atoms with Gasteiger partial charge in [-0.25, -0.2) is 19.3 Å². The largest absolute Gasteiger partial charge is 0.378 e. The van der Waals surface area contributed by atoms with E-state index in [1.54, 1.807) is 21.6 Å². The highest BCUT2D eigenvalue weighted by atomic mass is 19.1. The van der Waals surface area contributed by atoms with Crippen molar-refractivity contribution in [2.75, 3.05) is 44.3 Å². The Kier molecular flexibility index (Phi) is 6.36. The van der Waals surface area contributed by atoms with Crippen molar-refractivity contribution in [1.82, 2.24) is 24.3 Å². The number of halogens is 1. The van der Waals surface area contributed by atoms with E-state index in [1.807, 2.05) is 12.1 Å². The van der Waals surface area contributed by atoms with Crippen molar-refractivity contribution in [3.8, 4) is 17.6 Å². The number of fused-ring (bicyclic) bond motifs is 1. The van der Waals surface area contributed by atoms with Crippen molar-refractivity contribution in [3.05, 3.63) is 42.1 Å². The zero-order valence-corrected chi connectivity index (χ0v) is 18.9. The molecular weight excluding hydrogens is 437 g/mol. The monoisotopic (exact) mass is 463 g/mol. The van der Waals surface area contributed by atoms with Crippen molar-refractivity contribution in [3.63, 3.8) is 0 Å². The van der Waals surface area contributed by atoms with Crippen LogP contribution in [0.4, 0.5) is 10.2 Å². The summed E-state index contributed by atoms with van der Waals surface area (Å²) >= 11 is 0. The Labute approximate surface area is 196 Å². The number of morpholine rings is 1. The van der Waals surface area contributed by atoms with Gasteiger partial charge in [0, 0.05) is 44.1 Å². The molecule has 0 aromatic carbocycles. The van der Waals surface area contributed by atoms with E-state index in [0.29, 0.717) is 49.9 Å². The highest BCUT2D eigenvalue weighted by Crippen LogP contribution is 2.26. The lowest BCUT2D eigenvalue weighted by Gasteiger charge is -2.32. The number of nitrogens with zero attached hydrogens (tertiary/aromatic N) is 7. The standard InChI is InChI=1S/C24H26FN7O2/c25-18-3-4-21-27-14-20(32(21)16-18)24-28-19(13-22(29-24)30-8-10-34-11-9-30)12-17-2-1-7-31(15-17)23(33)5-6-26/h3-4,13-14,16-17H,1-2,5,7-12,15H2/t17-/m0/s1. The van der Waals surface area contributed by atoms with E-state index in [4.69, 9.17) is 20.0 Å². The number of imidazole rings is 1. The molecule has 0 saturated carbocycles. The molecule has 1 atom stereocenters. The molecule has 0 N–H and O–H groups in total. The van der Waals surface area contributed by atoms with Gasteiger partial charge < -0.3 is 14.5 Å². The molecule has 2 aliphatic heterocycles. The Bertz CT molecular complexity index is 1230. The Morgan fingerprint density at radius 2 is 2.09 bits per heavy atom. The molecule has 2 aliphatic rings. The van der Waals surface area contributed by atoms with E-state index in [9.17, 15) is 9.18 Å². The lowest BCUT2D eigenvalue weighted by Crippen LogP contribution is -2.40. The molecular formula is C24H26FN7O2. The molecule has 9 nitrogen and oxygen atoms in total. The summed E-state index contributed by atoms with van der Waals surface area (Å²) < 4.78 is 21.1. The Hall–Kier alpha value is -3.58. The number of nitriles is 1. The number of likely N-dealkylation sites (tertiary alicyclic amines) is 1. The molecule has 3 aromatic rings. The summed E-state index contributed by atoms with van der Waals surface area (Å²) in [6, 6.07) is 6.97. The van der Waals surface area contributed by atoms with Crippen LogP contribution in [-0.2, 0) is 16.0 Å². The second-order valence-electron chi connectivity index (χ2n) is 8.75. The molecule has 0 radical (unpaired) electrons. The summed E-state index contributed by atoms with van der Waals surface area (Å²) in [7, 11) is 0. The molecule has 3 aromatic heterocycles. The lowest BCUT2D eigenvalue weighted by molar-refractivity contribution is -0.131. The maximum atomic E-state index is 14.0. The fourth-order valence-corrected chi connectivity index (χ4v) is 4.71. The molecule has 5 rings (SSSR count). The molecule has 0 spiro atoms. The topological polar surface area (TPSA) is 99.7 Å². The molecule has 0 bridgehead atoms. The predicted molar refractivity (Wildman–Crippen MR) is 122 cm³/mol. The molecule has 1 amide bonds. The van der Waals surface area contributed by atoms with Gasteiger partial charge in [0.2, 0.25) is 5.91 Å². The first-order valence-electron chi connectivity index (χ1n) is 11.6. The van der Waals surface area contributed by atoms with Gasteiger partial charge in [-0.1, -0.05) is 0 Å². The first-order valence-corrected chi connectivity index (χ1v) is 11.6. The zero-order valence-electron chi connectivity index (χ0n) is 18.9. The van der Waals surface area contributed by atoms with Crippen LogP contribution in [0.25, 0.3) is 17.2 Å². The number of aromatic nitrogens is 4. The summed E-state index contributed by atoms with van der Waals surface area (Å²) in [6.45, 7) is 4.04. The first kappa shape index (κ1) is 22.2. The second-order valence-corrected chi connectivity index (χ2v) is 8.75. The molecule has 2 fully saturated rings. The van der Waals surface area contributed by atoms with Crippen LogP contribution in [0.2, 0.25) is 0 Å². The molecule has 2 saturated heterocycles. The molecule has 0 unspecified atom stereocenters. The number of piperidine rings is 1.